The highest BCUT2D eigenvalue weighted by atomic mass is 32.1. The zero-order chi connectivity index (χ0) is 22.0. The average Bonchev–Trinajstić information content (AvgIpc) is 3.04. The lowest BCUT2D eigenvalue weighted by molar-refractivity contribution is -0.134. The van der Waals surface area contributed by atoms with Crippen molar-refractivity contribution >= 4 is 33.4 Å². The maximum absolute atomic E-state index is 13.1. The number of piperidine rings is 1. The zero-order valence-electron chi connectivity index (χ0n) is 18.6. The quantitative estimate of drug-likeness (QED) is 0.703. The summed E-state index contributed by atoms with van der Waals surface area (Å²) in [7, 11) is 1.78. The van der Waals surface area contributed by atoms with Crippen LogP contribution in [0.1, 0.15) is 55.3 Å². The molecule has 0 N–H and O–H groups in total. The van der Waals surface area contributed by atoms with Crippen molar-refractivity contribution in [1.29, 1.82) is 0 Å². The summed E-state index contributed by atoms with van der Waals surface area (Å²) in [5, 5.41) is 0.447. The molecule has 0 spiro atoms. The molecule has 1 fully saturated rings. The predicted molar refractivity (Wildman–Crippen MR) is 120 cm³/mol. The normalized spacial score (nSPS) is 19.3. The van der Waals surface area contributed by atoms with Crippen molar-refractivity contribution in [2.24, 2.45) is 11.8 Å². The topological polar surface area (TPSA) is 75.5 Å². The van der Waals surface area contributed by atoms with Crippen LogP contribution in [0.4, 0.5) is 0 Å². The van der Waals surface area contributed by atoms with Crippen LogP contribution in [0.25, 0.3) is 10.2 Å². The van der Waals surface area contributed by atoms with E-state index in [1.165, 1.54) is 22.2 Å². The molecule has 8 heteroatoms. The molecule has 30 heavy (non-hydrogen) atoms. The van der Waals surface area contributed by atoms with E-state index >= 15 is 0 Å². The fourth-order valence-corrected chi connectivity index (χ4v) is 5.39. The number of amides is 2. The van der Waals surface area contributed by atoms with Crippen molar-refractivity contribution in [3.05, 3.63) is 27.1 Å². The van der Waals surface area contributed by atoms with E-state index in [1.807, 2.05) is 4.90 Å². The molecule has 2 aromatic rings. The second-order valence-electron chi connectivity index (χ2n) is 8.74. The number of rotatable bonds is 6. The fourth-order valence-electron chi connectivity index (χ4n) is 4.26. The Balaban J connectivity index is 1.85. The second-order valence-corrected chi connectivity index (χ2v) is 9.74. The van der Waals surface area contributed by atoms with E-state index in [0.717, 1.165) is 32.4 Å². The van der Waals surface area contributed by atoms with E-state index in [2.05, 4.69) is 25.8 Å². The number of thiophene rings is 1. The first-order chi connectivity index (χ1) is 14.2. The third-order valence-electron chi connectivity index (χ3n) is 5.83. The summed E-state index contributed by atoms with van der Waals surface area (Å²) in [6, 6.07) is 0. The van der Waals surface area contributed by atoms with Gasteiger partial charge in [-0.3, -0.25) is 19.0 Å². The molecule has 0 aromatic carbocycles. The summed E-state index contributed by atoms with van der Waals surface area (Å²) in [5.74, 6) is 0.794. The minimum absolute atomic E-state index is 0.0177. The lowest BCUT2D eigenvalue weighted by atomic mass is 9.92. The van der Waals surface area contributed by atoms with Crippen molar-refractivity contribution in [3.8, 4) is 0 Å². The van der Waals surface area contributed by atoms with Gasteiger partial charge in [-0.25, -0.2) is 4.98 Å². The van der Waals surface area contributed by atoms with E-state index in [1.54, 1.807) is 18.9 Å². The summed E-state index contributed by atoms with van der Waals surface area (Å²) < 4.78 is 1.38. The van der Waals surface area contributed by atoms with Crippen LogP contribution in [-0.4, -0.2) is 57.8 Å². The van der Waals surface area contributed by atoms with Crippen LogP contribution in [0.5, 0.6) is 0 Å². The van der Waals surface area contributed by atoms with Gasteiger partial charge in [-0.05, 0) is 37.2 Å². The number of carbonyl (C=O) groups excluding carboxylic acids is 2. The predicted octanol–water partition coefficient (Wildman–Crippen LogP) is 3.14. The molecule has 1 aliphatic heterocycles. The van der Waals surface area contributed by atoms with Gasteiger partial charge in [-0.2, -0.15) is 0 Å². The number of likely N-dealkylation sites (tertiary alicyclic amines) is 1. The first-order valence-electron chi connectivity index (χ1n) is 10.7. The van der Waals surface area contributed by atoms with E-state index < -0.39 is 0 Å². The van der Waals surface area contributed by atoms with Gasteiger partial charge >= 0.3 is 0 Å². The Morgan fingerprint density at radius 2 is 1.93 bits per heavy atom. The second kappa shape index (κ2) is 9.29. The zero-order valence-corrected chi connectivity index (χ0v) is 19.4. The minimum Gasteiger partial charge on any atom is -0.341 e. The third-order valence-corrected chi connectivity index (χ3v) is 7.02. The Bertz CT molecular complexity index is 986. The van der Waals surface area contributed by atoms with Crippen LogP contribution in [0.15, 0.2) is 11.1 Å². The Morgan fingerprint density at radius 1 is 1.27 bits per heavy atom. The molecular weight excluding hydrogens is 400 g/mol. The third kappa shape index (κ3) is 4.58. The number of carbonyl (C=O) groups is 2. The van der Waals surface area contributed by atoms with E-state index in [4.69, 9.17) is 0 Å². The molecule has 3 heterocycles. The number of aryl methyl sites for hydroxylation is 1. The number of nitrogens with zero attached hydrogens (tertiary/aromatic N) is 4. The van der Waals surface area contributed by atoms with Gasteiger partial charge in [-0.15, -0.1) is 11.3 Å². The van der Waals surface area contributed by atoms with Crippen molar-refractivity contribution < 1.29 is 9.59 Å². The summed E-state index contributed by atoms with van der Waals surface area (Å²) in [6.45, 7) is 10.3. The number of aromatic nitrogens is 2. The summed E-state index contributed by atoms with van der Waals surface area (Å²) in [4.78, 5) is 47.8. The molecule has 0 bridgehead atoms. The van der Waals surface area contributed by atoms with Crippen LogP contribution in [0, 0.1) is 18.8 Å². The van der Waals surface area contributed by atoms with Crippen molar-refractivity contribution in [2.45, 2.75) is 53.5 Å². The van der Waals surface area contributed by atoms with Crippen LogP contribution in [0.3, 0.4) is 0 Å². The molecule has 2 unspecified atom stereocenters. The van der Waals surface area contributed by atoms with Crippen molar-refractivity contribution in [2.75, 3.05) is 26.7 Å². The van der Waals surface area contributed by atoms with E-state index in [0.29, 0.717) is 39.0 Å². The highest BCUT2D eigenvalue weighted by Gasteiger charge is 2.26. The molecular formula is C22H32N4O3S. The maximum Gasteiger partial charge on any atom is 0.264 e. The Hall–Kier alpha value is -2.22. The molecule has 0 saturated carbocycles. The molecule has 1 aliphatic rings. The van der Waals surface area contributed by atoms with Gasteiger partial charge in [0.25, 0.3) is 11.5 Å². The van der Waals surface area contributed by atoms with E-state index in [9.17, 15) is 14.4 Å². The number of unbranched alkanes of at least 4 members (excludes halogenated alkanes) is 1. The molecule has 1 saturated heterocycles. The number of fused-ring (bicyclic) bond motifs is 1. The first-order valence-corrected chi connectivity index (χ1v) is 11.6. The van der Waals surface area contributed by atoms with Gasteiger partial charge < -0.3 is 9.80 Å². The van der Waals surface area contributed by atoms with Gasteiger partial charge in [0.2, 0.25) is 5.91 Å². The molecule has 0 radical (unpaired) electrons. The summed E-state index contributed by atoms with van der Waals surface area (Å²) >= 11 is 1.25. The molecule has 2 aromatic heterocycles. The van der Waals surface area contributed by atoms with Crippen molar-refractivity contribution in [3.63, 3.8) is 0 Å². The molecule has 7 nitrogen and oxygen atoms in total. The summed E-state index contributed by atoms with van der Waals surface area (Å²) in [5.41, 5.74) is 0.401. The van der Waals surface area contributed by atoms with E-state index in [-0.39, 0.29) is 23.9 Å². The molecule has 3 rings (SSSR count). The fraction of sp³-hybridized carbons (Fsp3) is 0.636. The Labute approximate surface area is 181 Å². The molecule has 164 valence electrons. The average molecular weight is 433 g/mol. The maximum atomic E-state index is 13.1. The van der Waals surface area contributed by atoms with Crippen molar-refractivity contribution in [1.82, 2.24) is 19.4 Å². The minimum atomic E-state index is -0.254. The summed E-state index contributed by atoms with van der Waals surface area (Å²) in [6.07, 6.45) is 4.50. The first kappa shape index (κ1) is 22.5. The van der Waals surface area contributed by atoms with Gasteiger partial charge in [0.15, 0.2) is 0 Å². The van der Waals surface area contributed by atoms with Gasteiger partial charge in [0.1, 0.15) is 11.4 Å². The number of hydrogen-bond acceptors (Lipinski definition) is 5. The molecule has 2 atom stereocenters. The monoisotopic (exact) mass is 432 g/mol. The standard InChI is InChI=1S/C22H32N4O3S/c1-6-7-8-24(5)22(29)19-16(4)18-20(30-19)23-13-26(21(18)28)12-17(27)25-10-14(2)9-15(3)11-25/h13-15H,6-12H2,1-5H3. The smallest absolute Gasteiger partial charge is 0.264 e. The Kier molecular flexibility index (Phi) is 6.95. The van der Waals surface area contributed by atoms with Gasteiger partial charge in [0, 0.05) is 26.7 Å². The largest absolute Gasteiger partial charge is 0.341 e. The van der Waals surface area contributed by atoms with Crippen LogP contribution < -0.4 is 5.56 Å². The highest BCUT2D eigenvalue weighted by Crippen LogP contribution is 2.28. The lowest BCUT2D eigenvalue weighted by Gasteiger charge is -2.35. The Morgan fingerprint density at radius 3 is 2.57 bits per heavy atom. The van der Waals surface area contributed by atoms with Gasteiger partial charge in [-0.1, -0.05) is 27.2 Å². The lowest BCUT2D eigenvalue weighted by Crippen LogP contribution is -2.44. The van der Waals surface area contributed by atoms with Crippen LogP contribution in [0.2, 0.25) is 0 Å². The molecule has 2 amide bonds. The SMILES string of the molecule is CCCCN(C)C(=O)c1sc2ncn(CC(=O)N3CC(C)CC(C)C3)c(=O)c2c1C. The highest BCUT2D eigenvalue weighted by molar-refractivity contribution is 7.20. The number of hydrogen-bond donors (Lipinski definition) is 0. The van der Waals surface area contributed by atoms with Crippen LogP contribution in [-0.2, 0) is 11.3 Å². The van der Waals surface area contributed by atoms with Gasteiger partial charge in [0.05, 0.1) is 16.6 Å². The molecule has 0 aliphatic carbocycles. The van der Waals surface area contributed by atoms with Crippen LogP contribution >= 0.6 is 11.3 Å².